The molecule has 4 N–H and O–H groups in total. The van der Waals surface area contributed by atoms with Crippen molar-refractivity contribution < 1.29 is 9.47 Å². The van der Waals surface area contributed by atoms with Crippen LogP contribution in [-0.4, -0.2) is 35.0 Å². The number of nitrogens with zero attached hydrogens (tertiary/aromatic N) is 5. The van der Waals surface area contributed by atoms with Crippen molar-refractivity contribution >= 4 is 5.82 Å². The fraction of sp³-hybridized carbons (Fsp3) is 0.571. The summed E-state index contributed by atoms with van der Waals surface area (Å²) in [5.41, 5.74) is 19.3. The van der Waals surface area contributed by atoms with Gasteiger partial charge >= 0.3 is 5.69 Å². The standard InChI is InChI=1S/C14H19N7O3/c1-2-10-11(23-8-18-20-17)6-12(24-10)21-7-9(4-3-5-15)13(16)19-14(21)22/h7,10-12H,2,5-6,8,15H2,1H3,(H2,16,19,22). The maximum Gasteiger partial charge on any atom is 0.351 e. The molecule has 1 fully saturated rings. The summed E-state index contributed by atoms with van der Waals surface area (Å²) in [5.74, 6) is 5.51. The van der Waals surface area contributed by atoms with Crippen molar-refractivity contribution in [1.82, 2.24) is 9.55 Å². The number of azide groups is 1. The first-order valence-electron chi connectivity index (χ1n) is 7.46. The lowest BCUT2D eigenvalue weighted by atomic mass is 10.1. The van der Waals surface area contributed by atoms with Gasteiger partial charge in [-0.15, -0.1) is 0 Å². The zero-order valence-corrected chi connectivity index (χ0v) is 13.3. The third-order valence-electron chi connectivity index (χ3n) is 3.61. The molecule has 1 aliphatic rings. The number of nitrogens with two attached hydrogens (primary N) is 2. The highest BCUT2D eigenvalue weighted by atomic mass is 16.6. The predicted molar refractivity (Wildman–Crippen MR) is 86.5 cm³/mol. The first kappa shape index (κ1) is 17.8. The number of hydrogen-bond donors (Lipinski definition) is 2. The van der Waals surface area contributed by atoms with Gasteiger partial charge in [0.25, 0.3) is 0 Å². The van der Waals surface area contributed by atoms with Crippen molar-refractivity contribution in [2.24, 2.45) is 10.8 Å². The maximum absolute atomic E-state index is 12.1. The van der Waals surface area contributed by atoms with E-state index in [1.807, 2.05) is 6.92 Å². The summed E-state index contributed by atoms with van der Waals surface area (Å²) in [7, 11) is 0. The summed E-state index contributed by atoms with van der Waals surface area (Å²) in [6.07, 6.45) is 1.58. The lowest BCUT2D eigenvalue weighted by molar-refractivity contribution is -0.0393. The highest BCUT2D eigenvalue weighted by Crippen LogP contribution is 2.31. The van der Waals surface area contributed by atoms with Gasteiger partial charge in [0.1, 0.15) is 18.8 Å². The maximum atomic E-state index is 12.1. The zero-order chi connectivity index (χ0) is 17.5. The molecule has 0 spiro atoms. The molecule has 24 heavy (non-hydrogen) atoms. The van der Waals surface area contributed by atoms with Gasteiger partial charge in [0.2, 0.25) is 0 Å². The molecule has 3 atom stereocenters. The van der Waals surface area contributed by atoms with E-state index in [0.717, 1.165) is 0 Å². The molecular formula is C14H19N7O3. The molecule has 0 saturated carbocycles. The molecule has 0 radical (unpaired) electrons. The molecule has 2 rings (SSSR count). The highest BCUT2D eigenvalue weighted by Gasteiger charge is 2.36. The van der Waals surface area contributed by atoms with E-state index in [4.69, 9.17) is 26.5 Å². The first-order chi connectivity index (χ1) is 11.6. The highest BCUT2D eigenvalue weighted by molar-refractivity contribution is 5.49. The molecule has 3 unspecified atom stereocenters. The van der Waals surface area contributed by atoms with Crippen molar-refractivity contribution in [1.29, 1.82) is 0 Å². The molecule has 0 aliphatic carbocycles. The minimum absolute atomic E-state index is 0.0541. The Hall–Kier alpha value is -2.57. The Labute approximate surface area is 138 Å². The smallest absolute Gasteiger partial charge is 0.351 e. The Morgan fingerprint density at radius 3 is 3.12 bits per heavy atom. The van der Waals surface area contributed by atoms with Crippen LogP contribution in [0.5, 0.6) is 0 Å². The molecule has 0 aromatic carbocycles. The van der Waals surface area contributed by atoms with Gasteiger partial charge in [-0.3, -0.25) is 4.57 Å². The van der Waals surface area contributed by atoms with Gasteiger partial charge < -0.3 is 20.9 Å². The largest absolute Gasteiger partial charge is 0.382 e. The van der Waals surface area contributed by atoms with E-state index in [1.54, 1.807) is 0 Å². The third kappa shape index (κ3) is 4.04. The summed E-state index contributed by atoms with van der Waals surface area (Å²) in [6, 6.07) is 0. The quantitative estimate of drug-likeness (QED) is 0.346. The Morgan fingerprint density at radius 2 is 2.46 bits per heavy atom. The van der Waals surface area contributed by atoms with Crippen molar-refractivity contribution in [3.8, 4) is 11.8 Å². The van der Waals surface area contributed by atoms with Crippen molar-refractivity contribution in [3.63, 3.8) is 0 Å². The van der Waals surface area contributed by atoms with Crippen LogP contribution in [0.2, 0.25) is 0 Å². The first-order valence-corrected chi connectivity index (χ1v) is 7.46. The SMILES string of the molecule is CCC1OC(n2cc(C#CCN)c(N)nc2=O)CC1OCN=[N+]=[N-]. The molecule has 1 aromatic rings. The predicted octanol–water partition coefficient (Wildman–Crippen LogP) is 0.486. The summed E-state index contributed by atoms with van der Waals surface area (Å²) in [5, 5.41) is 3.35. The van der Waals surface area contributed by atoms with Crippen LogP contribution >= 0.6 is 0 Å². The monoisotopic (exact) mass is 333 g/mol. The van der Waals surface area contributed by atoms with Crippen LogP contribution in [0.15, 0.2) is 16.1 Å². The van der Waals surface area contributed by atoms with E-state index in [2.05, 4.69) is 26.9 Å². The lowest BCUT2D eigenvalue weighted by Crippen LogP contribution is -2.28. The van der Waals surface area contributed by atoms with Crippen LogP contribution in [0.3, 0.4) is 0 Å². The Bertz CT molecular complexity index is 745. The van der Waals surface area contributed by atoms with Gasteiger partial charge in [-0.05, 0) is 12.0 Å². The van der Waals surface area contributed by atoms with E-state index in [1.165, 1.54) is 10.8 Å². The number of hydrogen-bond acceptors (Lipinski definition) is 7. The molecule has 0 amide bonds. The van der Waals surface area contributed by atoms with Crippen LogP contribution in [0, 0.1) is 11.8 Å². The molecule has 2 heterocycles. The Morgan fingerprint density at radius 1 is 1.67 bits per heavy atom. The van der Waals surface area contributed by atoms with Gasteiger partial charge in [0.05, 0.1) is 24.3 Å². The van der Waals surface area contributed by atoms with E-state index in [-0.39, 0.29) is 31.3 Å². The molecule has 0 bridgehead atoms. The van der Waals surface area contributed by atoms with E-state index in [0.29, 0.717) is 18.4 Å². The molecule has 128 valence electrons. The summed E-state index contributed by atoms with van der Waals surface area (Å²) in [6.45, 7) is 2.03. The second kappa shape index (κ2) is 8.33. The average molecular weight is 333 g/mol. The van der Waals surface area contributed by atoms with Crippen molar-refractivity contribution in [2.45, 2.75) is 38.2 Å². The number of aromatic nitrogens is 2. The second-order valence-electron chi connectivity index (χ2n) is 5.07. The van der Waals surface area contributed by atoms with Crippen molar-refractivity contribution in [3.05, 3.63) is 32.7 Å². The van der Waals surface area contributed by atoms with Crippen LogP contribution in [0.25, 0.3) is 10.4 Å². The Balaban J connectivity index is 2.25. The molecular weight excluding hydrogens is 314 g/mol. The number of anilines is 1. The van der Waals surface area contributed by atoms with Crippen LogP contribution < -0.4 is 17.2 Å². The normalized spacial score (nSPS) is 22.5. The molecule has 1 saturated heterocycles. The van der Waals surface area contributed by atoms with Crippen LogP contribution in [-0.2, 0) is 9.47 Å². The van der Waals surface area contributed by atoms with E-state index in [9.17, 15) is 4.79 Å². The van der Waals surface area contributed by atoms with Gasteiger partial charge in [0.15, 0.2) is 0 Å². The fourth-order valence-corrected chi connectivity index (χ4v) is 2.49. The summed E-state index contributed by atoms with van der Waals surface area (Å²) >= 11 is 0. The fourth-order valence-electron chi connectivity index (χ4n) is 2.49. The number of ether oxygens (including phenoxy) is 2. The summed E-state index contributed by atoms with van der Waals surface area (Å²) in [4.78, 5) is 18.5. The van der Waals surface area contributed by atoms with Gasteiger partial charge in [-0.1, -0.05) is 23.9 Å². The second-order valence-corrected chi connectivity index (χ2v) is 5.07. The van der Waals surface area contributed by atoms with Crippen LogP contribution in [0.1, 0.15) is 31.6 Å². The van der Waals surface area contributed by atoms with Crippen LogP contribution in [0.4, 0.5) is 5.82 Å². The van der Waals surface area contributed by atoms with Gasteiger partial charge in [-0.25, -0.2) is 4.79 Å². The summed E-state index contributed by atoms with van der Waals surface area (Å²) < 4.78 is 12.7. The molecule has 1 aromatic heterocycles. The minimum Gasteiger partial charge on any atom is -0.382 e. The molecule has 1 aliphatic heterocycles. The molecule has 10 heteroatoms. The number of nitrogen functional groups attached to an aromatic ring is 1. The minimum atomic E-state index is -0.551. The topological polar surface area (TPSA) is 154 Å². The van der Waals surface area contributed by atoms with Gasteiger partial charge in [0, 0.05) is 17.5 Å². The van der Waals surface area contributed by atoms with Gasteiger partial charge in [-0.2, -0.15) is 4.98 Å². The lowest BCUT2D eigenvalue weighted by Gasteiger charge is -2.16. The zero-order valence-electron chi connectivity index (χ0n) is 13.3. The number of rotatable bonds is 5. The Kier molecular flexibility index (Phi) is 6.17. The third-order valence-corrected chi connectivity index (χ3v) is 3.61. The van der Waals surface area contributed by atoms with E-state index >= 15 is 0 Å². The van der Waals surface area contributed by atoms with Crippen molar-refractivity contribution in [2.75, 3.05) is 19.0 Å². The van der Waals surface area contributed by atoms with E-state index < -0.39 is 11.9 Å². The molecule has 10 nitrogen and oxygen atoms in total. The average Bonchev–Trinajstić information content (AvgIpc) is 2.97.